The second-order valence-electron chi connectivity index (χ2n) is 6.10. The number of piperidine rings is 1. The van der Waals surface area contributed by atoms with E-state index in [9.17, 15) is 4.79 Å². The summed E-state index contributed by atoms with van der Waals surface area (Å²) in [5, 5.41) is 4.20. The van der Waals surface area contributed by atoms with E-state index in [4.69, 9.17) is 0 Å². The summed E-state index contributed by atoms with van der Waals surface area (Å²) < 4.78 is 1.82. The van der Waals surface area contributed by atoms with Crippen LogP contribution in [0, 0.1) is 5.41 Å². The van der Waals surface area contributed by atoms with Crippen LogP contribution in [0.5, 0.6) is 0 Å². The maximum absolute atomic E-state index is 12.3. The summed E-state index contributed by atoms with van der Waals surface area (Å²) in [4.78, 5) is 16.4. The van der Waals surface area contributed by atoms with Gasteiger partial charge in [-0.3, -0.25) is 14.4 Å². The number of nitrogens with zero attached hydrogens (tertiary/aromatic N) is 4. The van der Waals surface area contributed by atoms with Gasteiger partial charge in [-0.05, 0) is 26.3 Å². The average molecular weight is 264 g/mol. The number of hydrogen-bond acceptors (Lipinski definition) is 3. The Kier molecular flexibility index (Phi) is 3.94. The van der Waals surface area contributed by atoms with Crippen molar-refractivity contribution < 1.29 is 4.79 Å². The van der Waals surface area contributed by atoms with Crippen LogP contribution >= 0.6 is 0 Å². The van der Waals surface area contributed by atoms with E-state index in [0.717, 1.165) is 32.5 Å². The highest BCUT2D eigenvalue weighted by Crippen LogP contribution is 2.31. The van der Waals surface area contributed by atoms with Crippen molar-refractivity contribution in [2.75, 3.05) is 27.2 Å². The van der Waals surface area contributed by atoms with Gasteiger partial charge in [-0.1, -0.05) is 0 Å². The van der Waals surface area contributed by atoms with Crippen LogP contribution in [0.4, 0.5) is 0 Å². The summed E-state index contributed by atoms with van der Waals surface area (Å²) in [6.45, 7) is 4.86. The average Bonchev–Trinajstić information content (AvgIpc) is 2.73. The normalized spacial score (nSPS) is 24.4. The number of hydrogen-bond donors (Lipinski definition) is 0. The molecule has 0 bridgehead atoms. The molecule has 5 nitrogen and oxygen atoms in total. The number of carbonyl (C=O) groups is 1. The van der Waals surface area contributed by atoms with Crippen LogP contribution in [-0.4, -0.2) is 52.7 Å². The second kappa shape index (κ2) is 5.33. The predicted octanol–water partition coefficient (Wildman–Crippen LogP) is 1.11. The molecule has 0 aliphatic carbocycles. The van der Waals surface area contributed by atoms with E-state index in [0.29, 0.717) is 0 Å². The Morgan fingerprint density at radius 1 is 1.53 bits per heavy atom. The van der Waals surface area contributed by atoms with Crippen LogP contribution < -0.4 is 0 Å². The van der Waals surface area contributed by atoms with Crippen molar-refractivity contribution >= 4 is 5.91 Å². The quantitative estimate of drug-likeness (QED) is 0.821. The number of likely N-dealkylation sites (tertiary alicyclic amines) is 1. The van der Waals surface area contributed by atoms with Crippen LogP contribution in [0.3, 0.4) is 0 Å². The molecule has 2 rings (SSSR count). The third-order valence-electron chi connectivity index (χ3n) is 3.86. The Bertz CT molecular complexity index is 454. The van der Waals surface area contributed by atoms with Crippen molar-refractivity contribution in [2.24, 2.45) is 12.5 Å². The predicted molar refractivity (Wildman–Crippen MR) is 74.5 cm³/mol. The summed E-state index contributed by atoms with van der Waals surface area (Å²) in [5.74, 6) is 0.239. The molecular formula is C14H24N4O. The van der Waals surface area contributed by atoms with Gasteiger partial charge in [0.2, 0.25) is 5.91 Å². The number of aromatic nitrogens is 2. The lowest BCUT2D eigenvalue weighted by atomic mass is 9.80. The second-order valence-corrected chi connectivity index (χ2v) is 6.10. The van der Waals surface area contributed by atoms with Crippen LogP contribution in [0.1, 0.15) is 25.3 Å². The third kappa shape index (κ3) is 3.15. The monoisotopic (exact) mass is 264 g/mol. The highest BCUT2D eigenvalue weighted by Gasteiger charge is 2.38. The van der Waals surface area contributed by atoms with Gasteiger partial charge in [0.15, 0.2) is 0 Å². The number of carbonyl (C=O) groups excluding carboxylic acids is 1. The van der Waals surface area contributed by atoms with Gasteiger partial charge in [-0.25, -0.2) is 0 Å². The van der Waals surface area contributed by atoms with Gasteiger partial charge in [0.05, 0.1) is 11.6 Å². The third-order valence-corrected chi connectivity index (χ3v) is 3.86. The Morgan fingerprint density at radius 3 is 2.84 bits per heavy atom. The van der Waals surface area contributed by atoms with Crippen molar-refractivity contribution in [1.29, 1.82) is 0 Å². The van der Waals surface area contributed by atoms with Gasteiger partial charge >= 0.3 is 0 Å². The standard InChI is InChI=1S/C14H24N4O/c1-14(13(19)16(2)3)6-5-7-18(11-14)10-12-8-15-17(4)9-12/h8-9H,5-7,10-11H2,1-4H3/t14-/m1/s1. The van der Waals surface area contributed by atoms with E-state index >= 15 is 0 Å². The fourth-order valence-electron chi connectivity index (χ4n) is 3.01. The van der Waals surface area contributed by atoms with Gasteiger partial charge < -0.3 is 4.90 Å². The molecule has 0 spiro atoms. The molecular weight excluding hydrogens is 240 g/mol. The first kappa shape index (κ1) is 14.1. The molecule has 1 atom stereocenters. The molecule has 1 fully saturated rings. The number of rotatable bonds is 3. The van der Waals surface area contributed by atoms with Crippen LogP contribution in [0.15, 0.2) is 12.4 Å². The van der Waals surface area contributed by atoms with Crippen molar-refractivity contribution in [2.45, 2.75) is 26.3 Å². The fourth-order valence-corrected chi connectivity index (χ4v) is 3.01. The Morgan fingerprint density at radius 2 is 2.26 bits per heavy atom. The van der Waals surface area contributed by atoms with Gasteiger partial charge in [0.25, 0.3) is 0 Å². The van der Waals surface area contributed by atoms with E-state index in [1.165, 1.54) is 5.56 Å². The summed E-state index contributed by atoms with van der Waals surface area (Å²) in [6.07, 6.45) is 6.00. The summed E-state index contributed by atoms with van der Waals surface area (Å²) >= 11 is 0. The van der Waals surface area contributed by atoms with Crippen LogP contribution in [0.2, 0.25) is 0 Å². The minimum absolute atomic E-state index is 0.239. The minimum atomic E-state index is -0.246. The molecule has 1 aromatic rings. The molecule has 0 saturated carbocycles. The van der Waals surface area contributed by atoms with Crippen LogP contribution in [-0.2, 0) is 18.4 Å². The van der Waals surface area contributed by atoms with Gasteiger partial charge in [-0.2, -0.15) is 5.10 Å². The first-order valence-corrected chi connectivity index (χ1v) is 6.82. The van der Waals surface area contributed by atoms with E-state index < -0.39 is 0 Å². The zero-order valence-corrected chi connectivity index (χ0v) is 12.4. The summed E-state index contributed by atoms with van der Waals surface area (Å²) in [6, 6.07) is 0. The zero-order chi connectivity index (χ0) is 14.0. The molecule has 0 radical (unpaired) electrons. The maximum atomic E-state index is 12.3. The fraction of sp³-hybridized carbons (Fsp3) is 0.714. The van der Waals surface area contributed by atoms with Crippen LogP contribution in [0.25, 0.3) is 0 Å². The maximum Gasteiger partial charge on any atom is 0.229 e. The first-order chi connectivity index (χ1) is 8.90. The topological polar surface area (TPSA) is 41.4 Å². The number of aryl methyl sites for hydroxylation is 1. The van der Waals surface area contributed by atoms with Gasteiger partial charge in [-0.15, -0.1) is 0 Å². The first-order valence-electron chi connectivity index (χ1n) is 6.82. The number of amides is 1. The van der Waals surface area contributed by atoms with E-state index in [1.54, 1.807) is 4.90 Å². The Labute approximate surface area is 115 Å². The van der Waals surface area contributed by atoms with Crippen molar-refractivity contribution in [1.82, 2.24) is 19.6 Å². The lowest BCUT2D eigenvalue weighted by Crippen LogP contribution is -2.49. The molecule has 1 aliphatic heterocycles. The van der Waals surface area contributed by atoms with Gasteiger partial charge in [0.1, 0.15) is 0 Å². The van der Waals surface area contributed by atoms with E-state index in [-0.39, 0.29) is 11.3 Å². The molecule has 1 aliphatic rings. The van der Waals surface area contributed by atoms with Crippen molar-refractivity contribution in [3.8, 4) is 0 Å². The molecule has 19 heavy (non-hydrogen) atoms. The van der Waals surface area contributed by atoms with Gasteiger partial charge in [0, 0.05) is 46.0 Å². The SMILES string of the molecule is CN(C)C(=O)[C@]1(C)CCCN(Cc2cnn(C)c2)C1. The molecule has 0 N–H and O–H groups in total. The molecule has 1 saturated heterocycles. The smallest absolute Gasteiger partial charge is 0.229 e. The molecule has 0 aromatic carbocycles. The van der Waals surface area contributed by atoms with Crippen molar-refractivity contribution in [3.05, 3.63) is 18.0 Å². The molecule has 1 aromatic heterocycles. The molecule has 0 unspecified atom stereocenters. The highest BCUT2D eigenvalue weighted by atomic mass is 16.2. The molecule has 5 heteroatoms. The van der Waals surface area contributed by atoms with E-state index in [2.05, 4.69) is 16.9 Å². The largest absolute Gasteiger partial charge is 0.348 e. The lowest BCUT2D eigenvalue weighted by Gasteiger charge is -2.40. The minimum Gasteiger partial charge on any atom is -0.348 e. The Balaban J connectivity index is 2.02. The highest BCUT2D eigenvalue weighted by molar-refractivity contribution is 5.82. The molecule has 1 amide bonds. The molecule has 2 heterocycles. The lowest BCUT2D eigenvalue weighted by molar-refractivity contribution is -0.141. The summed E-state index contributed by atoms with van der Waals surface area (Å²) in [5.41, 5.74) is 0.966. The zero-order valence-electron chi connectivity index (χ0n) is 12.4. The Hall–Kier alpha value is -1.36. The van der Waals surface area contributed by atoms with Crippen molar-refractivity contribution in [3.63, 3.8) is 0 Å². The molecule has 106 valence electrons. The van der Waals surface area contributed by atoms with E-state index in [1.807, 2.05) is 38.2 Å². The summed E-state index contributed by atoms with van der Waals surface area (Å²) in [7, 11) is 5.61.